The number of hydrogen-bond donors (Lipinski definition) is 2. The fourth-order valence-corrected chi connectivity index (χ4v) is 1.77. The topological polar surface area (TPSA) is 86.2 Å². The van der Waals surface area contributed by atoms with E-state index in [1.54, 1.807) is 18.2 Å². The quantitative estimate of drug-likeness (QED) is 0.649. The van der Waals surface area contributed by atoms with Crippen LogP contribution in [0.15, 0.2) is 42.5 Å². The third kappa shape index (κ3) is 2.30. The molecule has 5 heteroatoms. The zero-order chi connectivity index (χ0) is 14.0. The molecule has 1 amide bonds. The maximum Gasteiger partial charge on any atom is 0.250 e. The van der Waals surface area contributed by atoms with Crippen molar-refractivity contribution in [1.29, 1.82) is 0 Å². The molecule has 2 aromatic rings. The van der Waals surface area contributed by atoms with Crippen molar-refractivity contribution in [3.8, 4) is 0 Å². The lowest BCUT2D eigenvalue weighted by Gasteiger charge is -2.09. The van der Waals surface area contributed by atoms with Crippen molar-refractivity contribution in [3.63, 3.8) is 0 Å². The number of benzene rings is 2. The number of carbonyl (C=O) groups excluding carboxylic acids is 2. The molecule has 0 radical (unpaired) electrons. The average Bonchev–Trinajstić information content (AvgIpc) is 2.39. The van der Waals surface area contributed by atoms with Crippen molar-refractivity contribution in [2.75, 3.05) is 5.73 Å². The van der Waals surface area contributed by atoms with Crippen LogP contribution < -0.4 is 11.5 Å². The van der Waals surface area contributed by atoms with E-state index in [-0.39, 0.29) is 22.4 Å². The lowest BCUT2D eigenvalue weighted by molar-refractivity contribution is 0.100. The van der Waals surface area contributed by atoms with Crippen LogP contribution in [-0.2, 0) is 0 Å². The number of carbonyl (C=O) groups is 2. The van der Waals surface area contributed by atoms with Gasteiger partial charge in [0, 0.05) is 5.56 Å². The van der Waals surface area contributed by atoms with Gasteiger partial charge in [-0.25, -0.2) is 4.39 Å². The first kappa shape index (κ1) is 12.8. The molecule has 96 valence electrons. The maximum absolute atomic E-state index is 13.8. The van der Waals surface area contributed by atoms with Crippen molar-refractivity contribution < 1.29 is 14.0 Å². The zero-order valence-electron chi connectivity index (χ0n) is 9.89. The molecule has 0 saturated carbocycles. The van der Waals surface area contributed by atoms with Gasteiger partial charge in [0.05, 0.1) is 16.8 Å². The summed E-state index contributed by atoms with van der Waals surface area (Å²) in [6.45, 7) is 0. The van der Waals surface area contributed by atoms with E-state index in [2.05, 4.69) is 0 Å². The third-order valence-corrected chi connectivity index (χ3v) is 2.72. The molecular formula is C14H11FN2O2. The van der Waals surface area contributed by atoms with Gasteiger partial charge in [-0.2, -0.15) is 0 Å². The number of amides is 1. The van der Waals surface area contributed by atoms with Gasteiger partial charge in [-0.15, -0.1) is 0 Å². The van der Waals surface area contributed by atoms with Crippen molar-refractivity contribution in [1.82, 2.24) is 0 Å². The summed E-state index contributed by atoms with van der Waals surface area (Å²) in [5, 5.41) is 0. The second-order valence-corrected chi connectivity index (χ2v) is 3.94. The number of hydrogen-bond acceptors (Lipinski definition) is 3. The Bertz CT molecular complexity index is 654. The summed E-state index contributed by atoms with van der Waals surface area (Å²) in [6.07, 6.45) is 0. The highest BCUT2D eigenvalue weighted by Crippen LogP contribution is 2.23. The molecule has 0 aromatic heterocycles. The Morgan fingerprint density at radius 3 is 2.21 bits per heavy atom. The van der Waals surface area contributed by atoms with Crippen LogP contribution >= 0.6 is 0 Å². The van der Waals surface area contributed by atoms with Gasteiger partial charge in [0.2, 0.25) is 0 Å². The molecule has 4 nitrogen and oxygen atoms in total. The molecule has 0 saturated heterocycles. The number of rotatable bonds is 3. The molecule has 0 aliphatic carbocycles. The van der Waals surface area contributed by atoms with Crippen LogP contribution in [0.25, 0.3) is 0 Å². The van der Waals surface area contributed by atoms with E-state index in [4.69, 9.17) is 11.5 Å². The molecule has 2 rings (SSSR count). The maximum atomic E-state index is 13.8. The molecule has 4 N–H and O–H groups in total. The summed E-state index contributed by atoms with van der Waals surface area (Å²) in [7, 11) is 0. The van der Waals surface area contributed by atoms with Gasteiger partial charge in [-0.1, -0.05) is 30.3 Å². The first-order chi connectivity index (χ1) is 9.02. The van der Waals surface area contributed by atoms with E-state index in [0.717, 1.165) is 12.1 Å². The Hall–Kier alpha value is -2.69. The first-order valence-electron chi connectivity index (χ1n) is 5.50. The van der Waals surface area contributed by atoms with Crippen LogP contribution in [0.5, 0.6) is 0 Å². The second-order valence-electron chi connectivity index (χ2n) is 3.94. The lowest BCUT2D eigenvalue weighted by Crippen LogP contribution is -2.17. The summed E-state index contributed by atoms with van der Waals surface area (Å²) in [4.78, 5) is 23.3. The molecule has 0 atom stereocenters. The van der Waals surface area contributed by atoms with Gasteiger partial charge in [-0.05, 0) is 12.1 Å². The predicted molar refractivity (Wildman–Crippen MR) is 69.2 cm³/mol. The molecule has 0 bridgehead atoms. The number of ketones is 1. The standard InChI is InChI=1S/C14H11FN2O2/c15-10-7-6-9(14(17)19)12(16)11(10)13(18)8-4-2-1-3-5-8/h1-7H,16H2,(H2,17,19). The normalized spacial score (nSPS) is 10.2. The largest absolute Gasteiger partial charge is 0.397 e. The predicted octanol–water partition coefficient (Wildman–Crippen LogP) is 1.74. The van der Waals surface area contributed by atoms with Gasteiger partial charge < -0.3 is 11.5 Å². The van der Waals surface area contributed by atoms with Gasteiger partial charge in [0.15, 0.2) is 5.78 Å². The minimum Gasteiger partial charge on any atom is -0.397 e. The number of nitrogen functional groups attached to an aromatic ring is 1. The molecule has 0 fully saturated rings. The minimum atomic E-state index is -0.806. The van der Waals surface area contributed by atoms with E-state index in [1.807, 2.05) is 0 Å². The highest BCUT2D eigenvalue weighted by atomic mass is 19.1. The molecule has 0 heterocycles. The molecule has 0 aliphatic rings. The Morgan fingerprint density at radius 1 is 1.00 bits per heavy atom. The smallest absolute Gasteiger partial charge is 0.250 e. The number of primary amides is 1. The SMILES string of the molecule is NC(=O)c1ccc(F)c(C(=O)c2ccccc2)c1N. The van der Waals surface area contributed by atoms with Crippen LogP contribution in [0.4, 0.5) is 10.1 Å². The summed E-state index contributed by atoms with van der Waals surface area (Å²) in [5.41, 5.74) is 10.4. The molecular weight excluding hydrogens is 247 g/mol. The van der Waals surface area contributed by atoms with Crippen molar-refractivity contribution in [2.24, 2.45) is 5.73 Å². The highest BCUT2D eigenvalue weighted by Gasteiger charge is 2.21. The lowest BCUT2D eigenvalue weighted by atomic mass is 9.98. The zero-order valence-corrected chi connectivity index (χ0v) is 9.89. The molecule has 0 unspecified atom stereocenters. The molecule has 0 spiro atoms. The summed E-state index contributed by atoms with van der Waals surface area (Å²) in [5.74, 6) is -2.17. The van der Waals surface area contributed by atoms with E-state index in [1.165, 1.54) is 12.1 Å². The van der Waals surface area contributed by atoms with Gasteiger partial charge in [0.25, 0.3) is 5.91 Å². The van der Waals surface area contributed by atoms with Crippen LogP contribution in [-0.4, -0.2) is 11.7 Å². The third-order valence-electron chi connectivity index (χ3n) is 2.72. The number of nitrogens with two attached hydrogens (primary N) is 2. The molecule has 0 aliphatic heterocycles. The summed E-state index contributed by atoms with van der Waals surface area (Å²) in [6, 6.07) is 10.3. The van der Waals surface area contributed by atoms with E-state index < -0.39 is 17.5 Å². The van der Waals surface area contributed by atoms with E-state index in [0.29, 0.717) is 0 Å². The van der Waals surface area contributed by atoms with Crippen molar-refractivity contribution in [2.45, 2.75) is 0 Å². The monoisotopic (exact) mass is 258 g/mol. The van der Waals surface area contributed by atoms with Crippen LogP contribution in [0, 0.1) is 5.82 Å². The highest BCUT2D eigenvalue weighted by molar-refractivity contribution is 6.15. The van der Waals surface area contributed by atoms with Gasteiger partial charge >= 0.3 is 0 Å². The Kier molecular flexibility index (Phi) is 3.29. The first-order valence-corrected chi connectivity index (χ1v) is 5.50. The Labute approximate surface area is 108 Å². The molecule has 2 aromatic carbocycles. The Morgan fingerprint density at radius 2 is 1.63 bits per heavy atom. The van der Waals surface area contributed by atoms with E-state index in [9.17, 15) is 14.0 Å². The summed E-state index contributed by atoms with van der Waals surface area (Å²) >= 11 is 0. The van der Waals surface area contributed by atoms with Gasteiger partial charge in [0.1, 0.15) is 5.82 Å². The Balaban J connectivity index is 2.60. The van der Waals surface area contributed by atoms with Crippen LogP contribution in [0.2, 0.25) is 0 Å². The fraction of sp³-hybridized carbons (Fsp3) is 0. The van der Waals surface area contributed by atoms with E-state index >= 15 is 0 Å². The van der Waals surface area contributed by atoms with Crippen molar-refractivity contribution in [3.05, 3.63) is 65.0 Å². The molecule has 19 heavy (non-hydrogen) atoms. The average molecular weight is 258 g/mol. The van der Waals surface area contributed by atoms with Crippen LogP contribution in [0.1, 0.15) is 26.3 Å². The van der Waals surface area contributed by atoms with Gasteiger partial charge in [-0.3, -0.25) is 9.59 Å². The summed E-state index contributed by atoms with van der Waals surface area (Å²) < 4.78 is 13.8. The number of halogens is 1. The second kappa shape index (κ2) is 4.89. The number of anilines is 1. The fourth-order valence-electron chi connectivity index (χ4n) is 1.77. The van der Waals surface area contributed by atoms with Crippen LogP contribution in [0.3, 0.4) is 0 Å². The van der Waals surface area contributed by atoms with Crippen molar-refractivity contribution >= 4 is 17.4 Å². The minimum absolute atomic E-state index is 0.0688.